The van der Waals surface area contributed by atoms with Crippen molar-refractivity contribution in [3.05, 3.63) is 22.1 Å². The molecule has 0 amide bonds. The van der Waals surface area contributed by atoms with Crippen LogP contribution in [0.25, 0.3) is 10.4 Å². The summed E-state index contributed by atoms with van der Waals surface area (Å²) in [5, 5.41) is 3.59. The van der Waals surface area contributed by atoms with E-state index in [0.717, 1.165) is 25.7 Å². The quantitative estimate of drug-likeness (QED) is 0.195. The Morgan fingerprint density at radius 2 is 2.38 bits per heavy atom. The molecular weight excluding hydrogens is 270 g/mol. The molecule has 114 valence electrons. The number of epoxide rings is 1. The Morgan fingerprint density at radius 3 is 3.14 bits per heavy atom. The fraction of sp³-hybridized carbons (Fsp3) is 0.800. The van der Waals surface area contributed by atoms with Crippen LogP contribution in [0, 0.1) is 11.8 Å². The highest BCUT2D eigenvalue weighted by molar-refractivity contribution is 5.75. The van der Waals surface area contributed by atoms with Crippen molar-refractivity contribution in [1.29, 1.82) is 0 Å². The monoisotopic (exact) mass is 291 g/mol. The van der Waals surface area contributed by atoms with Crippen molar-refractivity contribution in [3.8, 4) is 0 Å². The van der Waals surface area contributed by atoms with Gasteiger partial charge in [-0.05, 0) is 45.1 Å². The summed E-state index contributed by atoms with van der Waals surface area (Å²) in [5.41, 5.74) is 9.68. The van der Waals surface area contributed by atoms with Gasteiger partial charge in [0, 0.05) is 17.4 Å². The maximum absolute atomic E-state index is 12.1. The highest BCUT2D eigenvalue weighted by Crippen LogP contribution is 2.50. The van der Waals surface area contributed by atoms with E-state index in [0.29, 0.717) is 0 Å². The first-order valence-electron chi connectivity index (χ1n) is 7.60. The first kappa shape index (κ1) is 14.4. The van der Waals surface area contributed by atoms with Crippen LogP contribution in [-0.2, 0) is 14.3 Å². The van der Waals surface area contributed by atoms with E-state index in [4.69, 9.17) is 15.0 Å². The van der Waals surface area contributed by atoms with E-state index in [1.54, 1.807) is 0 Å². The normalized spacial score (nSPS) is 44.5. The van der Waals surface area contributed by atoms with Gasteiger partial charge in [-0.15, -0.1) is 0 Å². The van der Waals surface area contributed by atoms with Crippen LogP contribution in [0.15, 0.2) is 16.8 Å². The third kappa shape index (κ3) is 2.65. The van der Waals surface area contributed by atoms with Gasteiger partial charge in [0.15, 0.2) is 0 Å². The molecule has 0 aromatic heterocycles. The van der Waals surface area contributed by atoms with Crippen LogP contribution in [-0.4, -0.2) is 30.3 Å². The van der Waals surface area contributed by atoms with Crippen molar-refractivity contribution in [2.45, 2.75) is 57.3 Å². The molecule has 1 aliphatic carbocycles. The van der Waals surface area contributed by atoms with Crippen molar-refractivity contribution < 1.29 is 14.3 Å². The maximum atomic E-state index is 12.1. The van der Waals surface area contributed by atoms with Crippen LogP contribution in [0.3, 0.4) is 0 Å². The van der Waals surface area contributed by atoms with Gasteiger partial charge in [0.1, 0.15) is 12.2 Å². The molecule has 3 rings (SSSR count). The number of fused-ring (bicyclic) bond motifs is 3. The number of ether oxygens (including phenoxy) is 2. The third-order valence-electron chi connectivity index (χ3n) is 5.08. The van der Waals surface area contributed by atoms with Gasteiger partial charge in [0.2, 0.25) is 0 Å². The van der Waals surface area contributed by atoms with Gasteiger partial charge < -0.3 is 9.47 Å². The van der Waals surface area contributed by atoms with Gasteiger partial charge in [-0.25, -0.2) is 0 Å². The lowest BCUT2D eigenvalue weighted by Crippen LogP contribution is -2.31. The van der Waals surface area contributed by atoms with Gasteiger partial charge in [-0.3, -0.25) is 4.79 Å². The average Bonchev–Trinajstić information content (AvgIpc) is 3.00. The topological polar surface area (TPSA) is 87.6 Å². The van der Waals surface area contributed by atoms with E-state index >= 15 is 0 Å². The molecule has 0 spiro atoms. The Hall–Kier alpha value is -1.52. The summed E-state index contributed by atoms with van der Waals surface area (Å²) in [6, 6.07) is 0. The Bertz CT molecular complexity index is 526. The zero-order chi connectivity index (χ0) is 15.0. The van der Waals surface area contributed by atoms with E-state index in [9.17, 15) is 4.79 Å². The second-order valence-electron chi connectivity index (χ2n) is 6.56. The minimum absolute atomic E-state index is 0.00526. The summed E-state index contributed by atoms with van der Waals surface area (Å²) < 4.78 is 11.5. The smallest absolute Gasteiger partial charge is 0.309 e. The summed E-state index contributed by atoms with van der Waals surface area (Å²) in [6.07, 6.45) is 5.86. The molecule has 0 saturated carbocycles. The summed E-state index contributed by atoms with van der Waals surface area (Å²) >= 11 is 0. The number of esters is 1. The predicted molar refractivity (Wildman–Crippen MR) is 76.4 cm³/mol. The fourth-order valence-electron chi connectivity index (χ4n) is 3.67. The Morgan fingerprint density at radius 1 is 1.57 bits per heavy atom. The van der Waals surface area contributed by atoms with E-state index in [1.165, 1.54) is 5.57 Å². The number of carbonyl (C=O) groups excluding carboxylic acids is 1. The molecule has 0 radical (unpaired) electrons. The molecule has 2 aliphatic heterocycles. The van der Waals surface area contributed by atoms with Crippen LogP contribution in [0.1, 0.15) is 39.5 Å². The summed E-state index contributed by atoms with van der Waals surface area (Å²) in [7, 11) is 0. The van der Waals surface area contributed by atoms with Crippen molar-refractivity contribution in [2.75, 3.05) is 6.54 Å². The molecule has 0 aromatic carbocycles. The molecule has 0 aromatic rings. The summed E-state index contributed by atoms with van der Waals surface area (Å²) in [5.74, 6) is -0.487. The molecule has 3 aliphatic rings. The molecule has 2 fully saturated rings. The third-order valence-corrected chi connectivity index (χ3v) is 5.08. The lowest BCUT2D eigenvalue weighted by atomic mass is 9.81. The number of allylic oxidation sites excluding steroid dienone is 2. The second-order valence-corrected chi connectivity index (χ2v) is 6.56. The second kappa shape index (κ2) is 5.35. The van der Waals surface area contributed by atoms with Crippen LogP contribution in [0.5, 0.6) is 0 Å². The van der Waals surface area contributed by atoms with Gasteiger partial charge >= 0.3 is 5.97 Å². The molecule has 21 heavy (non-hydrogen) atoms. The molecule has 6 heteroatoms. The molecule has 2 saturated heterocycles. The van der Waals surface area contributed by atoms with E-state index in [-0.39, 0.29) is 42.2 Å². The molecular formula is C15H21N3O3. The zero-order valence-corrected chi connectivity index (χ0v) is 12.5. The van der Waals surface area contributed by atoms with Crippen molar-refractivity contribution >= 4 is 5.97 Å². The largest absolute Gasteiger partial charge is 0.459 e. The number of rotatable bonds is 2. The number of hydrogen-bond donors (Lipinski definition) is 0. The minimum Gasteiger partial charge on any atom is -0.459 e. The number of nitrogens with zero attached hydrogens (tertiary/aromatic N) is 3. The highest BCUT2D eigenvalue weighted by Gasteiger charge is 2.62. The van der Waals surface area contributed by atoms with Gasteiger partial charge in [-0.2, -0.15) is 0 Å². The Labute approximate surface area is 124 Å². The molecule has 0 unspecified atom stereocenters. The zero-order valence-electron chi connectivity index (χ0n) is 12.5. The summed E-state index contributed by atoms with van der Waals surface area (Å²) in [4.78, 5) is 14.9. The maximum Gasteiger partial charge on any atom is 0.309 e. The van der Waals surface area contributed by atoms with Crippen LogP contribution < -0.4 is 0 Å². The lowest BCUT2D eigenvalue weighted by molar-refractivity contribution is -0.144. The molecule has 2 heterocycles. The standard InChI is InChI=1S/C15H21N3O3/c1-9-4-3-7-15(2)13(21-15)12-10(6-5-9)11(8-17-18-16)14(19)20-12/h4,10-13H,3,5-8H2,1-2H3/b9-4+/t10-,11-,12-,13+,15+/m0/s1. The van der Waals surface area contributed by atoms with Crippen molar-refractivity contribution in [3.63, 3.8) is 0 Å². The number of carbonyl (C=O) groups is 1. The minimum atomic E-state index is -0.327. The molecule has 5 atom stereocenters. The molecule has 0 N–H and O–H groups in total. The van der Waals surface area contributed by atoms with Gasteiger partial charge in [0.05, 0.1) is 11.5 Å². The first-order chi connectivity index (χ1) is 10.0. The highest BCUT2D eigenvalue weighted by atomic mass is 16.6. The first-order valence-corrected chi connectivity index (χ1v) is 7.60. The van der Waals surface area contributed by atoms with Gasteiger partial charge in [-0.1, -0.05) is 16.8 Å². The predicted octanol–water partition coefficient (Wildman–Crippen LogP) is 3.13. The van der Waals surface area contributed by atoms with Gasteiger partial charge in [0.25, 0.3) is 0 Å². The van der Waals surface area contributed by atoms with Crippen molar-refractivity contribution in [2.24, 2.45) is 17.0 Å². The van der Waals surface area contributed by atoms with E-state index in [1.807, 2.05) is 0 Å². The van der Waals surface area contributed by atoms with Crippen molar-refractivity contribution in [1.82, 2.24) is 0 Å². The fourth-order valence-corrected chi connectivity index (χ4v) is 3.67. The van der Waals surface area contributed by atoms with E-state index in [2.05, 4.69) is 29.9 Å². The average molecular weight is 291 g/mol. The summed E-state index contributed by atoms with van der Waals surface area (Å²) in [6.45, 7) is 4.40. The Balaban J connectivity index is 1.84. The van der Waals surface area contributed by atoms with Crippen LogP contribution in [0.4, 0.5) is 0 Å². The van der Waals surface area contributed by atoms with E-state index < -0.39 is 0 Å². The van der Waals surface area contributed by atoms with Crippen LogP contribution >= 0.6 is 0 Å². The lowest BCUT2D eigenvalue weighted by Gasteiger charge is -2.21. The number of azide groups is 1. The van der Waals surface area contributed by atoms with Crippen LogP contribution in [0.2, 0.25) is 0 Å². The number of hydrogen-bond acceptors (Lipinski definition) is 4. The Kier molecular flexibility index (Phi) is 3.68. The SMILES string of the molecule is C/C1=C\CC[C@@]2(C)O[C@@H]2[C@H]2OC(=O)[C@@H](CN=[N+]=[N-])[C@@H]2CC1. The molecule has 6 nitrogen and oxygen atoms in total. The molecule has 0 bridgehead atoms.